The van der Waals surface area contributed by atoms with Gasteiger partial charge in [-0.1, -0.05) is 54.1 Å². The number of nitrogens with zero attached hydrogens (tertiary/aromatic N) is 2. The van der Waals surface area contributed by atoms with Crippen molar-refractivity contribution in [2.75, 3.05) is 13.1 Å². The number of hydrogen-bond donors (Lipinski definition) is 1. The third-order valence-corrected chi connectivity index (χ3v) is 7.64. The van der Waals surface area contributed by atoms with E-state index in [-0.39, 0.29) is 11.3 Å². The van der Waals surface area contributed by atoms with E-state index in [0.717, 1.165) is 12.0 Å². The number of hydrogen-bond acceptors (Lipinski definition) is 3. The molecule has 32 heavy (non-hydrogen) atoms. The Bertz CT molecular complexity index is 1220. The number of aliphatic hydroxyl groups excluding tert-OH is 1. The van der Waals surface area contributed by atoms with Crippen LogP contribution in [0.2, 0.25) is 5.15 Å². The highest BCUT2D eigenvalue weighted by Crippen LogP contribution is 2.52. The average Bonchev–Trinajstić information content (AvgIpc) is 3.52. The summed E-state index contributed by atoms with van der Waals surface area (Å²) in [5.74, 6) is 0.576. The Labute approximate surface area is 192 Å². The predicted octanol–water partition coefficient (Wildman–Crippen LogP) is 5.50. The van der Waals surface area contributed by atoms with E-state index in [0.29, 0.717) is 36.3 Å². The topological polar surface area (TPSA) is 53.4 Å². The van der Waals surface area contributed by atoms with Gasteiger partial charge in [0.15, 0.2) is 0 Å². The largest absolute Gasteiger partial charge is 0.388 e. The number of halogens is 1. The summed E-state index contributed by atoms with van der Waals surface area (Å²) in [4.78, 5) is 19.1. The second-order valence-electron chi connectivity index (χ2n) is 9.49. The van der Waals surface area contributed by atoms with Gasteiger partial charge in [0.2, 0.25) is 0 Å². The Hall–Kier alpha value is -2.69. The van der Waals surface area contributed by atoms with Gasteiger partial charge in [-0.05, 0) is 77.6 Å². The van der Waals surface area contributed by atoms with Gasteiger partial charge in [-0.2, -0.15) is 0 Å². The molecule has 1 amide bonds. The van der Waals surface area contributed by atoms with Gasteiger partial charge in [0.05, 0.1) is 6.10 Å². The van der Waals surface area contributed by atoms with Crippen LogP contribution in [0.5, 0.6) is 0 Å². The van der Waals surface area contributed by atoms with Gasteiger partial charge >= 0.3 is 0 Å². The van der Waals surface area contributed by atoms with Gasteiger partial charge in [-0.25, -0.2) is 4.98 Å². The number of rotatable bonds is 3. The first kappa shape index (κ1) is 20.0. The lowest BCUT2D eigenvalue weighted by Gasteiger charge is -2.25. The maximum absolute atomic E-state index is 13.0. The van der Waals surface area contributed by atoms with E-state index in [1.165, 1.54) is 35.1 Å². The normalized spacial score (nSPS) is 24.2. The van der Waals surface area contributed by atoms with E-state index in [1.54, 1.807) is 18.2 Å². The first-order valence-electron chi connectivity index (χ1n) is 11.4. The fourth-order valence-electron chi connectivity index (χ4n) is 5.71. The SMILES string of the molecule is O=C(c1cccc(Cl)n1)N1CCC2(CC(O)c3cc(-c4ccccc4C4CC4)ccc32)C1. The number of pyridine rings is 1. The lowest BCUT2D eigenvalue weighted by molar-refractivity contribution is 0.0770. The molecular weight excluding hydrogens is 420 g/mol. The molecular formula is C27H25ClN2O2. The Morgan fingerprint density at radius 1 is 1.06 bits per heavy atom. The number of benzene rings is 2. The van der Waals surface area contributed by atoms with Crippen LogP contribution in [0.3, 0.4) is 0 Å². The lowest BCUT2D eigenvalue weighted by atomic mass is 9.80. The Morgan fingerprint density at radius 2 is 1.91 bits per heavy atom. The minimum Gasteiger partial charge on any atom is -0.388 e. The fraction of sp³-hybridized carbons (Fsp3) is 0.333. The van der Waals surface area contributed by atoms with Crippen LogP contribution in [0.15, 0.2) is 60.7 Å². The fourth-order valence-corrected chi connectivity index (χ4v) is 5.87. The molecule has 1 aromatic heterocycles. The minimum absolute atomic E-state index is 0.0951. The number of fused-ring (bicyclic) bond motifs is 2. The zero-order chi connectivity index (χ0) is 21.9. The van der Waals surface area contributed by atoms with E-state index in [1.807, 2.05) is 4.90 Å². The molecule has 4 nitrogen and oxygen atoms in total. The van der Waals surface area contributed by atoms with Gasteiger partial charge in [-0.15, -0.1) is 0 Å². The Morgan fingerprint density at radius 3 is 2.72 bits per heavy atom. The molecule has 2 atom stereocenters. The standard InChI is InChI=1S/C27H25ClN2O2/c28-25-7-3-6-23(29-25)26(32)30-13-12-27(16-30)15-24(31)21-14-18(10-11-22(21)27)20-5-2-1-4-19(20)17-8-9-17/h1-7,10-11,14,17,24,31H,8-9,12-13,15-16H2. The second-order valence-corrected chi connectivity index (χ2v) is 9.87. The number of carbonyl (C=O) groups excluding carboxylic acids is 1. The molecule has 1 N–H and O–H groups in total. The van der Waals surface area contributed by atoms with E-state index in [9.17, 15) is 9.90 Å². The molecule has 2 fully saturated rings. The van der Waals surface area contributed by atoms with Crippen molar-refractivity contribution in [1.82, 2.24) is 9.88 Å². The lowest BCUT2D eigenvalue weighted by Crippen LogP contribution is -2.33. The summed E-state index contributed by atoms with van der Waals surface area (Å²) in [5.41, 5.74) is 6.26. The van der Waals surface area contributed by atoms with Crippen LogP contribution in [-0.2, 0) is 5.41 Å². The van der Waals surface area contributed by atoms with E-state index in [4.69, 9.17) is 11.6 Å². The van der Waals surface area contributed by atoms with Crippen molar-refractivity contribution in [2.24, 2.45) is 0 Å². The second kappa shape index (κ2) is 7.43. The predicted molar refractivity (Wildman–Crippen MR) is 125 cm³/mol. The molecule has 6 rings (SSSR count). The molecule has 0 bridgehead atoms. The number of aliphatic hydroxyl groups is 1. The van der Waals surface area contributed by atoms with Crippen LogP contribution < -0.4 is 0 Å². The average molecular weight is 445 g/mol. The number of aromatic nitrogens is 1. The number of amides is 1. The minimum atomic E-state index is -0.502. The quantitative estimate of drug-likeness (QED) is 0.542. The molecule has 1 saturated carbocycles. The van der Waals surface area contributed by atoms with Crippen LogP contribution in [0.4, 0.5) is 0 Å². The van der Waals surface area contributed by atoms with Crippen LogP contribution >= 0.6 is 11.6 Å². The molecule has 3 aliphatic rings. The Balaban J connectivity index is 1.31. The van der Waals surface area contributed by atoms with E-state index in [2.05, 4.69) is 47.4 Å². The summed E-state index contributed by atoms with van der Waals surface area (Å²) in [6.07, 6.45) is 3.53. The molecule has 3 aromatic rings. The van der Waals surface area contributed by atoms with Crippen LogP contribution in [0.25, 0.3) is 11.1 Å². The monoisotopic (exact) mass is 444 g/mol. The van der Waals surface area contributed by atoms with Gasteiger partial charge < -0.3 is 10.0 Å². The van der Waals surface area contributed by atoms with Crippen molar-refractivity contribution in [3.8, 4) is 11.1 Å². The Kier molecular flexibility index (Phi) is 4.63. The first-order valence-corrected chi connectivity index (χ1v) is 11.8. The third kappa shape index (κ3) is 3.25. The van der Waals surface area contributed by atoms with E-state index >= 15 is 0 Å². The van der Waals surface area contributed by atoms with Crippen molar-refractivity contribution >= 4 is 17.5 Å². The zero-order valence-electron chi connectivity index (χ0n) is 17.8. The highest BCUT2D eigenvalue weighted by atomic mass is 35.5. The molecule has 2 unspecified atom stereocenters. The van der Waals surface area contributed by atoms with Crippen molar-refractivity contribution in [1.29, 1.82) is 0 Å². The summed E-state index contributed by atoms with van der Waals surface area (Å²) < 4.78 is 0. The van der Waals surface area contributed by atoms with Crippen LogP contribution in [0.1, 0.15) is 64.9 Å². The zero-order valence-corrected chi connectivity index (χ0v) is 18.6. The molecule has 2 aromatic carbocycles. The number of likely N-dealkylation sites (tertiary alicyclic amines) is 1. The molecule has 1 saturated heterocycles. The summed E-state index contributed by atoms with van der Waals surface area (Å²) in [6.45, 7) is 1.26. The first-order chi connectivity index (χ1) is 15.5. The third-order valence-electron chi connectivity index (χ3n) is 7.43. The summed E-state index contributed by atoms with van der Waals surface area (Å²) in [5, 5.41) is 11.3. The van der Waals surface area contributed by atoms with Crippen molar-refractivity contribution < 1.29 is 9.90 Å². The molecule has 1 spiro atoms. The maximum Gasteiger partial charge on any atom is 0.272 e. The molecule has 5 heteroatoms. The highest BCUT2D eigenvalue weighted by Gasteiger charge is 2.48. The van der Waals surface area contributed by atoms with Crippen molar-refractivity contribution in [3.05, 3.63) is 88.2 Å². The van der Waals surface area contributed by atoms with Crippen molar-refractivity contribution in [2.45, 2.75) is 43.1 Å². The highest BCUT2D eigenvalue weighted by molar-refractivity contribution is 6.29. The smallest absolute Gasteiger partial charge is 0.272 e. The van der Waals surface area contributed by atoms with Crippen molar-refractivity contribution in [3.63, 3.8) is 0 Å². The van der Waals surface area contributed by atoms with Gasteiger partial charge in [-0.3, -0.25) is 4.79 Å². The number of carbonyl (C=O) groups is 1. The molecule has 162 valence electrons. The maximum atomic E-state index is 13.0. The molecule has 0 radical (unpaired) electrons. The molecule has 2 aliphatic carbocycles. The summed E-state index contributed by atoms with van der Waals surface area (Å²) in [7, 11) is 0. The van der Waals surface area contributed by atoms with Crippen LogP contribution in [-0.4, -0.2) is 34.0 Å². The van der Waals surface area contributed by atoms with E-state index < -0.39 is 6.10 Å². The summed E-state index contributed by atoms with van der Waals surface area (Å²) in [6, 6.07) is 20.3. The molecule has 2 heterocycles. The van der Waals surface area contributed by atoms with Gasteiger partial charge in [0.25, 0.3) is 5.91 Å². The summed E-state index contributed by atoms with van der Waals surface area (Å²) >= 11 is 5.99. The van der Waals surface area contributed by atoms with Gasteiger partial charge in [0, 0.05) is 18.5 Å². The molecule has 1 aliphatic heterocycles. The van der Waals surface area contributed by atoms with Crippen LogP contribution in [0, 0.1) is 0 Å². The van der Waals surface area contributed by atoms with Gasteiger partial charge in [0.1, 0.15) is 10.8 Å².